The van der Waals surface area contributed by atoms with Crippen molar-refractivity contribution in [2.75, 3.05) is 5.75 Å². The number of fused-ring (bicyclic) bond motifs is 1. The van der Waals surface area contributed by atoms with Gasteiger partial charge < -0.3 is 0 Å². The number of halogens is 1. The van der Waals surface area contributed by atoms with Crippen molar-refractivity contribution in [1.82, 2.24) is 0 Å². The molecule has 0 nitrogen and oxygen atoms in total. The molecule has 1 aliphatic heterocycles. The Morgan fingerprint density at radius 2 is 2.00 bits per heavy atom. The van der Waals surface area contributed by atoms with E-state index >= 15 is 0 Å². The zero-order valence-electron chi connectivity index (χ0n) is 10.1. The molecule has 0 saturated carbocycles. The zero-order valence-corrected chi connectivity index (χ0v) is 12.5. The van der Waals surface area contributed by atoms with Crippen LogP contribution in [0.25, 0.3) is 5.57 Å². The standard InChI is InChI=1S/C16H13BrS/c1-11-3-2-4-12(9-11)14-7-8-18-16-6-5-13(17)10-15(14)16/h2-7,9-10H,8H2,1H3. The number of hydrogen-bond acceptors (Lipinski definition) is 1. The Labute approximate surface area is 120 Å². The molecule has 0 aliphatic carbocycles. The fraction of sp³-hybridized carbons (Fsp3) is 0.125. The van der Waals surface area contributed by atoms with E-state index in [2.05, 4.69) is 71.4 Å². The van der Waals surface area contributed by atoms with Crippen molar-refractivity contribution < 1.29 is 0 Å². The van der Waals surface area contributed by atoms with Gasteiger partial charge in [0.2, 0.25) is 0 Å². The van der Waals surface area contributed by atoms with Crippen LogP contribution < -0.4 is 0 Å². The van der Waals surface area contributed by atoms with Gasteiger partial charge in [-0.2, -0.15) is 0 Å². The van der Waals surface area contributed by atoms with Crippen LogP contribution in [0.5, 0.6) is 0 Å². The first-order valence-corrected chi connectivity index (χ1v) is 7.72. The van der Waals surface area contributed by atoms with E-state index in [1.807, 2.05) is 11.8 Å². The summed E-state index contributed by atoms with van der Waals surface area (Å²) in [7, 11) is 0. The van der Waals surface area contributed by atoms with Crippen molar-refractivity contribution in [3.63, 3.8) is 0 Å². The van der Waals surface area contributed by atoms with Gasteiger partial charge in [-0.1, -0.05) is 51.8 Å². The topological polar surface area (TPSA) is 0 Å². The lowest BCUT2D eigenvalue weighted by molar-refractivity contribution is 1.34. The van der Waals surface area contributed by atoms with Gasteiger partial charge in [-0.25, -0.2) is 0 Å². The molecule has 2 aromatic carbocycles. The van der Waals surface area contributed by atoms with Crippen LogP contribution in [0, 0.1) is 6.92 Å². The molecule has 0 spiro atoms. The second kappa shape index (κ2) is 4.94. The van der Waals surface area contributed by atoms with Gasteiger partial charge in [-0.15, -0.1) is 11.8 Å². The third-order valence-corrected chi connectivity index (χ3v) is 4.58. The van der Waals surface area contributed by atoms with E-state index in [-0.39, 0.29) is 0 Å². The minimum Gasteiger partial charge on any atom is -0.121 e. The van der Waals surface area contributed by atoms with E-state index in [0.717, 1.165) is 10.2 Å². The molecule has 1 aliphatic rings. The number of thioether (sulfide) groups is 1. The van der Waals surface area contributed by atoms with Crippen LogP contribution in [0.3, 0.4) is 0 Å². The number of hydrogen-bond donors (Lipinski definition) is 0. The highest BCUT2D eigenvalue weighted by Gasteiger charge is 2.14. The van der Waals surface area contributed by atoms with Crippen molar-refractivity contribution in [1.29, 1.82) is 0 Å². The lowest BCUT2D eigenvalue weighted by Gasteiger charge is -2.18. The second-order valence-electron chi connectivity index (χ2n) is 4.44. The molecule has 0 aromatic heterocycles. The lowest BCUT2D eigenvalue weighted by Crippen LogP contribution is -1.97. The Morgan fingerprint density at radius 1 is 1.11 bits per heavy atom. The molecule has 1 heterocycles. The van der Waals surface area contributed by atoms with E-state index in [1.165, 1.54) is 27.2 Å². The van der Waals surface area contributed by atoms with E-state index in [4.69, 9.17) is 0 Å². The minimum absolute atomic E-state index is 1.05. The summed E-state index contributed by atoms with van der Waals surface area (Å²) in [4.78, 5) is 1.37. The molecule has 18 heavy (non-hydrogen) atoms. The Bertz CT molecular complexity index is 629. The van der Waals surface area contributed by atoms with Crippen molar-refractivity contribution >= 4 is 33.3 Å². The smallest absolute Gasteiger partial charge is 0.0182 e. The molecule has 0 bridgehead atoms. The normalized spacial score (nSPS) is 14.0. The average molecular weight is 317 g/mol. The van der Waals surface area contributed by atoms with Gasteiger partial charge >= 0.3 is 0 Å². The first kappa shape index (κ1) is 12.1. The molecule has 0 unspecified atom stereocenters. The fourth-order valence-electron chi connectivity index (χ4n) is 2.25. The van der Waals surface area contributed by atoms with Crippen LogP contribution >= 0.6 is 27.7 Å². The Kier molecular flexibility index (Phi) is 3.31. The fourth-order valence-corrected chi connectivity index (χ4v) is 3.53. The van der Waals surface area contributed by atoms with Crippen molar-refractivity contribution in [3.8, 4) is 0 Å². The van der Waals surface area contributed by atoms with Crippen LogP contribution in [0.15, 0.2) is 57.9 Å². The molecule has 0 radical (unpaired) electrons. The molecule has 3 rings (SSSR count). The Balaban J connectivity index is 2.14. The Hall–Kier alpha value is -0.990. The maximum absolute atomic E-state index is 3.57. The van der Waals surface area contributed by atoms with E-state index in [0.29, 0.717) is 0 Å². The summed E-state index contributed by atoms with van der Waals surface area (Å²) in [6.07, 6.45) is 2.33. The quantitative estimate of drug-likeness (QED) is 0.688. The van der Waals surface area contributed by atoms with E-state index in [1.54, 1.807) is 0 Å². The second-order valence-corrected chi connectivity index (χ2v) is 6.42. The molecule has 0 saturated heterocycles. The van der Waals surface area contributed by atoms with Gasteiger partial charge in [-0.3, -0.25) is 0 Å². The van der Waals surface area contributed by atoms with Crippen molar-refractivity contribution in [2.24, 2.45) is 0 Å². The van der Waals surface area contributed by atoms with Crippen LogP contribution in [0.2, 0.25) is 0 Å². The molecule has 90 valence electrons. The summed E-state index contributed by atoms with van der Waals surface area (Å²) in [6.45, 7) is 2.14. The summed E-state index contributed by atoms with van der Waals surface area (Å²) in [5, 5.41) is 0. The molecule has 0 fully saturated rings. The lowest BCUT2D eigenvalue weighted by atomic mass is 9.96. The highest BCUT2D eigenvalue weighted by atomic mass is 79.9. The highest BCUT2D eigenvalue weighted by molar-refractivity contribution is 9.10. The summed E-state index contributed by atoms with van der Waals surface area (Å²) in [5.74, 6) is 1.05. The summed E-state index contributed by atoms with van der Waals surface area (Å²) in [6, 6.07) is 15.3. The summed E-state index contributed by atoms with van der Waals surface area (Å²) >= 11 is 5.47. The first-order chi connectivity index (χ1) is 8.74. The van der Waals surface area contributed by atoms with Gasteiger partial charge in [-0.05, 0) is 41.8 Å². The van der Waals surface area contributed by atoms with Crippen LogP contribution in [0.1, 0.15) is 16.7 Å². The van der Waals surface area contributed by atoms with Crippen LogP contribution in [0.4, 0.5) is 0 Å². The molecule has 0 N–H and O–H groups in total. The third-order valence-electron chi connectivity index (χ3n) is 3.09. The van der Waals surface area contributed by atoms with Crippen molar-refractivity contribution in [2.45, 2.75) is 11.8 Å². The predicted molar refractivity (Wildman–Crippen MR) is 83.1 cm³/mol. The van der Waals surface area contributed by atoms with E-state index < -0.39 is 0 Å². The highest BCUT2D eigenvalue weighted by Crippen LogP contribution is 2.38. The Morgan fingerprint density at radius 3 is 2.83 bits per heavy atom. The molecular weight excluding hydrogens is 304 g/mol. The SMILES string of the molecule is Cc1cccc(C2=CCSc3ccc(Br)cc32)c1. The van der Waals surface area contributed by atoms with Gasteiger partial charge in [0.25, 0.3) is 0 Å². The molecular formula is C16H13BrS. The summed E-state index contributed by atoms with van der Waals surface area (Å²) < 4.78 is 1.14. The maximum Gasteiger partial charge on any atom is 0.0182 e. The molecule has 0 amide bonds. The van der Waals surface area contributed by atoms with Gasteiger partial charge in [0.15, 0.2) is 0 Å². The van der Waals surface area contributed by atoms with Crippen LogP contribution in [-0.4, -0.2) is 5.75 Å². The van der Waals surface area contributed by atoms with Crippen LogP contribution in [-0.2, 0) is 0 Å². The number of benzene rings is 2. The van der Waals surface area contributed by atoms with Gasteiger partial charge in [0.05, 0.1) is 0 Å². The zero-order chi connectivity index (χ0) is 12.5. The predicted octanol–water partition coefficient (Wildman–Crippen LogP) is 5.29. The first-order valence-electron chi connectivity index (χ1n) is 5.94. The molecule has 2 heteroatoms. The molecule has 0 atom stereocenters. The number of rotatable bonds is 1. The average Bonchev–Trinajstić information content (AvgIpc) is 2.38. The van der Waals surface area contributed by atoms with Crippen molar-refractivity contribution in [3.05, 3.63) is 69.7 Å². The van der Waals surface area contributed by atoms with Gasteiger partial charge in [0.1, 0.15) is 0 Å². The molecule has 2 aromatic rings. The third kappa shape index (κ3) is 2.27. The minimum atomic E-state index is 1.05. The maximum atomic E-state index is 3.57. The number of aryl methyl sites for hydroxylation is 1. The summed E-state index contributed by atoms with van der Waals surface area (Å²) in [5.41, 5.74) is 5.32. The van der Waals surface area contributed by atoms with Gasteiger partial charge in [0, 0.05) is 15.1 Å². The van der Waals surface area contributed by atoms with E-state index in [9.17, 15) is 0 Å². The largest absolute Gasteiger partial charge is 0.121 e. The monoisotopic (exact) mass is 316 g/mol.